The van der Waals surface area contributed by atoms with Crippen LogP contribution in [0.1, 0.15) is 46.4 Å². The average Bonchev–Trinajstić information content (AvgIpc) is 2.64. The maximum absolute atomic E-state index is 6.42. The van der Waals surface area contributed by atoms with Gasteiger partial charge in [-0.25, -0.2) is 4.98 Å². The molecule has 3 nitrogen and oxygen atoms in total. The third-order valence-electron chi connectivity index (χ3n) is 3.58. The first-order valence-corrected chi connectivity index (χ1v) is 9.12. The van der Waals surface area contributed by atoms with Crippen LogP contribution in [0.4, 0.5) is 0 Å². The Morgan fingerprint density at radius 2 is 1.88 bits per heavy atom. The molecule has 17 heavy (non-hydrogen) atoms. The summed E-state index contributed by atoms with van der Waals surface area (Å²) < 4.78 is 11.5. The lowest BCUT2D eigenvalue weighted by molar-refractivity contribution is 0.131. The van der Waals surface area contributed by atoms with Crippen LogP contribution in [0, 0.1) is 5.92 Å². The third-order valence-corrected chi connectivity index (χ3v) is 8.03. The molecule has 1 aromatic heterocycles. The number of hydrogen-bond donors (Lipinski definition) is 0. The second-order valence-electron chi connectivity index (χ2n) is 6.46. The molecule has 0 radical (unpaired) electrons. The minimum atomic E-state index is -1.77. The van der Waals surface area contributed by atoms with E-state index in [1.807, 2.05) is 0 Å². The normalized spacial score (nSPS) is 15.3. The molecule has 0 spiro atoms. The molecule has 0 saturated carbocycles. The van der Waals surface area contributed by atoms with Crippen LogP contribution < -0.4 is 0 Å². The standard InChI is InChI=1S/C13H25NO2Si/c1-10(2)12(11-8-15-9-14-11)16-17(6,7)13(3,4)5/h8-10,12H,1-7H3. The molecule has 98 valence electrons. The van der Waals surface area contributed by atoms with Gasteiger partial charge in [0.15, 0.2) is 14.7 Å². The fraction of sp³-hybridized carbons (Fsp3) is 0.769. The molecule has 4 heteroatoms. The van der Waals surface area contributed by atoms with E-state index in [4.69, 9.17) is 8.84 Å². The van der Waals surface area contributed by atoms with Gasteiger partial charge in [0.25, 0.3) is 0 Å². The van der Waals surface area contributed by atoms with Crippen LogP contribution in [0.25, 0.3) is 0 Å². The maximum atomic E-state index is 6.42. The minimum absolute atomic E-state index is 0.0367. The van der Waals surface area contributed by atoms with Gasteiger partial charge in [0.05, 0.1) is 6.10 Å². The summed E-state index contributed by atoms with van der Waals surface area (Å²) in [5, 5.41) is 0.212. The predicted octanol–water partition coefficient (Wildman–Crippen LogP) is 4.39. The van der Waals surface area contributed by atoms with Crippen LogP contribution in [-0.4, -0.2) is 13.3 Å². The van der Waals surface area contributed by atoms with Crippen molar-refractivity contribution in [1.29, 1.82) is 0 Å². The predicted molar refractivity (Wildman–Crippen MR) is 72.4 cm³/mol. The first-order valence-electron chi connectivity index (χ1n) is 6.21. The molecular formula is C13H25NO2Si. The van der Waals surface area contributed by atoms with E-state index in [0.29, 0.717) is 5.92 Å². The van der Waals surface area contributed by atoms with Crippen molar-refractivity contribution in [3.8, 4) is 0 Å². The smallest absolute Gasteiger partial charge is 0.193 e. The van der Waals surface area contributed by atoms with Gasteiger partial charge in [-0.1, -0.05) is 34.6 Å². The van der Waals surface area contributed by atoms with E-state index in [1.165, 1.54) is 6.39 Å². The highest BCUT2D eigenvalue weighted by Crippen LogP contribution is 2.41. The molecule has 0 aliphatic heterocycles. The van der Waals surface area contributed by atoms with Crippen molar-refractivity contribution in [2.75, 3.05) is 0 Å². The second kappa shape index (κ2) is 4.94. The van der Waals surface area contributed by atoms with Crippen molar-refractivity contribution in [3.63, 3.8) is 0 Å². The molecule has 1 rings (SSSR count). The van der Waals surface area contributed by atoms with E-state index in [1.54, 1.807) is 6.26 Å². The topological polar surface area (TPSA) is 35.3 Å². The summed E-state index contributed by atoms with van der Waals surface area (Å²) in [5.74, 6) is 0.397. The molecule has 0 aliphatic rings. The Labute approximate surface area is 106 Å². The molecule has 0 N–H and O–H groups in total. The maximum Gasteiger partial charge on any atom is 0.193 e. The Balaban J connectivity index is 2.89. The Morgan fingerprint density at radius 1 is 1.29 bits per heavy atom. The summed E-state index contributed by atoms with van der Waals surface area (Å²) in [6, 6.07) is 0. The Kier molecular flexibility index (Phi) is 4.20. The van der Waals surface area contributed by atoms with Crippen LogP contribution in [0.5, 0.6) is 0 Å². The zero-order chi connectivity index (χ0) is 13.3. The molecule has 1 unspecified atom stereocenters. The van der Waals surface area contributed by atoms with E-state index in [9.17, 15) is 0 Å². The third kappa shape index (κ3) is 3.42. The minimum Gasteiger partial charge on any atom is -0.451 e. The van der Waals surface area contributed by atoms with Gasteiger partial charge >= 0.3 is 0 Å². The lowest BCUT2D eigenvalue weighted by Crippen LogP contribution is -2.42. The molecule has 1 atom stereocenters. The van der Waals surface area contributed by atoms with E-state index in [0.717, 1.165) is 5.69 Å². The highest BCUT2D eigenvalue weighted by atomic mass is 28.4. The van der Waals surface area contributed by atoms with Gasteiger partial charge in [-0.2, -0.15) is 0 Å². The summed E-state index contributed by atoms with van der Waals surface area (Å²) in [4.78, 5) is 4.23. The van der Waals surface area contributed by atoms with E-state index in [2.05, 4.69) is 52.7 Å². The van der Waals surface area contributed by atoms with Crippen molar-refractivity contribution in [2.24, 2.45) is 5.92 Å². The number of nitrogens with zero attached hydrogens (tertiary/aromatic N) is 1. The number of aromatic nitrogens is 1. The molecule has 0 aromatic carbocycles. The largest absolute Gasteiger partial charge is 0.451 e. The molecule has 1 heterocycles. The van der Waals surface area contributed by atoms with Gasteiger partial charge in [0.1, 0.15) is 12.0 Å². The van der Waals surface area contributed by atoms with Crippen LogP contribution in [0.2, 0.25) is 18.1 Å². The molecule has 0 saturated heterocycles. The lowest BCUT2D eigenvalue weighted by Gasteiger charge is -2.39. The number of rotatable bonds is 4. The lowest BCUT2D eigenvalue weighted by atomic mass is 10.1. The number of hydrogen-bond acceptors (Lipinski definition) is 3. The Hall–Kier alpha value is -0.613. The quantitative estimate of drug-likeness (QED) is 0.748. The van der Waals surface area contributed by atoms with Crippen molar-refractivity contribution >= 4 is 8.32 Å². The van der Waals surface area contributed by atoms with Crippen LogP contribution in [0.3, 0.4) is 0 Å². The fourth-order valence-corrected chi connectivity index (χ4v) is 2.78. The molecular weight excluding hydrogens is 230 g/mol. The Morgan fingerprint density at radius 3 is 2.24 bits per heavy atom. The van der Waals surface area contributed by atoms with Gasteiger partial charge in [-0.15, -0.1) is 0 Å². The van der Waals surface area contributed by atoms with Crippen molar-refractivity contribution in [2.45, 2.75) is 58.9 Å². The zero-order valence-corrected chi connectivity index (χ0v) is 13.1. The molecule has 0 bridgehead atoms. The van der Waals surface area contributed by atoms with Gasteiger partial charge in [0, 0.05) is 0 Å². The van der Waals surface area contributed by atoms with Gasteiger partial charge in [-0.3, -0.25) is 0 Å². The molecule has 0 amide bonds. The fourth-order valence-electron chi connectivity index (χ4n) is 1.39. The van der Waals surface area contributed by atoms with Gasteiger partial charge < -0.3 is 8.84 Å². The first kappa shape index (κ1) is 14.4. The average molecular weight is 255 g/mol. The van der Waals surface area contributed by atoms with Gasteiger partial charge in [0.2, 0.25) is 0 Å². The molecule has 0 aliphatic carbocycles. The highest BCUT2D eigenvalue weighted by Gasteiger charge is 2.40. The monoisotopic (exact) mass is 255 g/mol. The van der Waals surface area contributed by atoms with Crippen LogP contribution in [0.15, 0.2) is 17.1 Å². The molecule has 1 aromatic rings. The highest BCUT2D eigenvalue weighted by molar-refractivity contribution is 6.74. The Bertz CT molecular complexity index is 339. The summed E-state index contributed by atoms with van der Waals surface area (Å²) in [5.41, 5.74) is 0.907. The summed E-state index contributed by atoms with van der Waals surface area (Å²) in [6.45, 7) is 15.6. The van der Waals surface area contributed by atoms with Gasteiger partial charge in [-0.05, 0) is 24.1 Å². The SMILES string of the molecule is CC(C)C(O[Si](C)(C)C(C)(C)C)c1cocn1. The van der Waals surface area contributed by atoms with E-state index >= 15 is 0 Å². The van der Waals surface area contributed by atoms with E-state index in [-0.39, 0.29) is 11.1 Å². The second-order valence-corrected chi connectivity index (χ2v) is 11.2. The summed E-state index contributed by atoms with van der Waals surface area (Å²) in [7, 11) is -1.77. The first-order chi connectivity index (χ1) is 7.65. The van der Waals surface area contributed by atoms with Crippen LogP contribution in [-0.2, 0) is 4.43 Å². The van der Waals surface area contributed by atoms with E-state index < -0.39 is 8.32 Å². The van der Waals surface area contributed by atoms with Crippen molar-refractivity contribution in [3.05, 3.63) is 18.4 Å². The number of oxazole rings is 1. The zero-order valence-electron chi connectivity index (χ0n) is 12.1. The van der Waals surface area contributed by atoms with Crippen molar-refractivity contribution < 1.29 is 8.84 Å². The molecule has 0 fully saturated rings. The summed E-state index contributed by atoms with van der Waals surface area (Å²) in [6.07, 6.45) is 3.20. The van der Waals surface area contributed by atoms with Crippen LogP contribution >= 0.6 is 0 Å². The van der Waals surface area contributed by atoms with Crippen molar-refractivity contribution in [1.82, 2.24) is 4.98 Å². The summed E-state index contributed by atoms with van der Waals surface area (Å²) >= 11 is 0.